The summed E-state index contributed by atoms with van der Waals surface area (Å²) in [5, 5.41) is 11.8. The Morgan fingerprint density at radius 3 is 2.97 bits per heavy atom. The van der Waals surface area contributed by atoms with Crippen LogP contribution in [0.2, 0.25) is 5.15 Å². The molecule has 0 aliphatic carbocycles. The number of anilines is 3. The first-order valence-electron chi connectivity index (χ1n) is 8.98. The number of nitrogens with two attached hydrogens (primary N) is 1. The summed E-state index contributed by atoms with van der Waals surface area (Å²) in [5.41, 5.74) is 7.40. The van der Waals surface area contributed by atoms with E-state index in [1.54, 1.807) is 6.07 Å². The van der Waals surface area contributed by atoms with E-state index in [-0.39, 0.29) is 11.9 Å². The number of nitrogens with zero attached hydrogens (tertiary/aromatic N) is 3. The first-order chi connectivity index (χ1) is 14.1. The predicted molar refractivity (Wildman–Crippen MR) is 116 cm³/mol. The third-order valence-corrected chi connectivity index (χ3v) is 6.12. The van der Waals surface area contributed by atoms with Gasteiger partial charge in [0, 0.05) is 34.6 Å². The topological polar surface area (TPSA) is 118 Å². The summed E-state index contributed by atoms with van der Waals surface area (Å²) in [6, 6.07) is 9.35. The van der Waals surface area contributed by atoms with Crippen LogP contribution in [-0.2, 0) is 0 Å². The molecule has 1 aliphatic rings. The number of hydrogen-bond donors (Lipinski definition) is 4. The highest BCUT2D eigenvalue weighted by Crippen LogP contribution is 2.41. The van der Waals surface area contributed by atoms with Gasteiger partial charge in [-0.3, -0.25) is 4.79 Å². The molecule has 5 rings (SSSR count). The lowest BCUT2D eigenvalue weighted by atomic mass is 10.1. The fraction of sp³-hybridized carbons (Fsp3) is 0.158. The number of thiophene rings is 1. The number of carbonyl (C=O) groups excluding carboxylic acids is 1. The molecule has 1 unspecified atom stereocenters. The zero-order chi connectivity index (χ0) is 20.0. The van der Waals surface area contributed by atoms with Gasteiger partial charge in [-0.2, -0.15) is 0 Å². The van der Waals surface area contributed by atoms with Crippen LogP contribution in [0.3, 0.4) is 0 Å². The standard InChI is InChI=1S/C19H16ClN7OS/c20-13-5-15(24-8-23-13)27-14-4-1-10-11(26-14)2-3-12-16(10)17-18(29-12)19(28)25-9(6-21)7-22-17/h1-5,8-9,22H,6-7,21H2,(H,25,28)(H,23,24,26,27). The number of fused-ring (bicyclic) bond motifs is 5. The molecule has 8 nitrogen and oxygen atoms in total. The number of nitrogens with one attached hydrogen (secondary N) is 3. The maximum atomic E-state index is 12.6. The lowest BCUT2D eigenvalue weighted by Crippen LogP contribution is -2.42. The molecule has 1 atom stereocenters. The Balaban J connectivity index is 1.59. The lowest BCUT2D eigenvalue weighted by Gasteiger charge is -2.13. The van der Waals surface area contributed by atoms with Gasteiger partial charge in [-0.25, -0.2) is 15.0 Å². The zero-order valence-electron chi connectivity index (χ0n) is 15.1. The number of hydrogen-bond acceptors (Lipinski definition) is 8. The van der Waals surface area contributed by atoms with E-state index >= 15 is 0 Å². The molecule has 4 heterocycles. The third kappa shape index (κ3) is 3.23. The van der Waals surface area contributed by atoms with Gasteiger partial charge in [0.25, 0.3) is 5.91 Å². The fourth-order valence-electron chi connectivity index (χ4n) is 3.40. The summed E-state index contributed by atoms with van der Waals surface area (Å²) in [7, 11) is 0. The molecule has 1 aliphatic heterocycles. The number of aromatic nitrogens is 3. The molecular formula is C19H16ClN7OS. The van der Waals surface area contributed by atoms with Crippen molar-refractivity contribution >= 4 is 67.2 Å². The SMILES string of the molecule is NCC1CNc2c(sc3ccc4nc(Nc5cc(Cl)ncn5)ccc4c23)C(=O)N1. The van der Waals surface area contributed by atoms with Crippen LogP contribution in [0.25, 0.3) is 21.0 Å². The number of carbonyl (C=O) groups is 1. The summed E-state index contributed by atoms with van der Waals surface area (Å²) in [5.74, 6) is 1.11. The highest BCUT2D eigenvalue weighted by Gasteiger charge is 2.25. The summed E-state index contributed by atoms with van der Waals surface area (Å²) in [6.07, 6.45) is 1.39. The average molecular weight is 426 g/mol. The van der Waals surface area contributed by atoms with Crippen molar-refractivity contribution in [1.82, 2.24) is 20.3 Å². The second kappa shape index (κ2) is 7.11. The summed E-state index contributed by atoms with van der Waals surface area (Å²) >= 11 is 7.38. The van der Waals surface area contributed by atoms with Gasteiger partial charge in [0.1, 0.15) is 28.0 Å². The maximum absolute atomic E-state index is 12.6. The summed E-state index contributed by atoms with van der Waals surface area (Å²) in [4.78, 5) is 26.0. The first-order valence-corrected chi connectivity index (χ1v) is 10.2. The van der Waals surface area contributed by atoms with Gasteiger partial charge < -0.3 is 21.7 Å². The van der Waals surface area contributed by atoms with Crippen molar-refractivity contribution < 1.29 is 4.79 Å². The minimum absolute atomic E-state index is 0.0957. The lowest BCUT2D eigenvalue weighted by molar-refractivity contribution is 0.0947. The van der Waals surface area contributed by atoms with Gasteiger partial charge in [-0.15, -0.1) is 11.3 Å². The Morgan fingerprint density at radius 2 is 2.14 bits per heavy atom. The van der Waals surface area contributed by atoms with E-state index < -0.39 is 0 Å². The molecule has 0 radical (unpaired) electrons. The van der Waals surface area contributed by atoms with Gasteiger partial charge in [0.05, 0.1) is 17.2 Å². The van der Waals surface area contributed by atoms with Crippen molar-refractivity contribution in [3.05, 3.63) is 46.7 Å². The Hall–Kier alpha value is -3.01. The quantitative estimate of drug-likeness (QED) is 0.372. The molecule has 10 heteroatoms. The Bertz CT molecular complexity index is 1260. The minimum atomic E-state index is -0.0965. The second-order valence-electron chi connectivity index (χ2n) is 6.65. The van der Waals surface area contributed by atoms with Crippen molar-refractivity contribution in [3.8, 4) is 0 Å². The van der Waals surface area contributed by atoms with Gasteiger partial charge in [0.15, 0.2) is 0 Å². The van der Waals surface area contributed by atoms with E-state index in [9.17, 15) is 4.79 Å². The molecule has 0 spiro atoms. The Kier molecular flexibility index (Phi) is 4.42. The molecule has 5 N–H and O–H groups in total. The van der Waals surface area contributed by atoms with Crippen LogP contribution in [0.15, 0.2) is 36.7 Å². The van der Waals surface area contributed by atoms with Crippen molar-refractivity contribution in [2.45, 2.75) is 6.04 Å². The molecule has 4 aromatic rings. The van der Waals surface area contributed by atoms with E-state index in [4.69, 9.17) is 22.3 Å². The van der Waals surface area contributed by atoms with Crippen LogP contribution >= 0.6 is 22.9 Å². The molecular weight excluding hydrogens is 410 g/mol. The smallest absolute Gasteiger partial charge is 0.263 e. The van der Waals surface area contributed by atoms with E-state index in [0.717, 1.165) is 26.7 Å². The van der Waals surface area contributed by atoms with E-state index in [1.165, 1.54) is 17.7 Å². The highest BCUT2D eigenvalue weighted by atomic mass is 35.5. The Labute approximate surface area is 174 Å². The summed E-state index contributed by atoms with van der Waals surface area (Å²) in [6.45, 7) is 0.967. The van der Waals surface area contributed by atoms with Crippen LogP contribution < -0.4 is 21.7 Å². The largest absolute Gasteiger partial charge is 0.381 e. The number of amides is 1. The van der Waals surface area contributed by atoms with E-state index in [2.05, 4.69) is 25.9 Å². The number of pyridine rings is 1. The van der Waals surface area contributed by atoms with Crippen LogP contribution in [0.5, 0.6) is 0 Å². The van der Waals surface area contributed by atoms with Crippen LogP contribution in [0.4, 0.5) is 17.3 Å². The average Bonchev–Trinajstić information content (AvgIpc) is 3.02. The van der Waals surface area contributed by atoms with E-state index in [1.807, 2.05) is 24.3 Å². The van der Waals surface area contributed by atoms with E-state index in [0.29, 0.717) is 34.8 Å². The molecule has 0 fully saturated rings. The number of halogens is 1. The molecule has 0 saturated carbocycles. The van der Waals surface area contributed by atoms with Gasteiger partial charge in [0.2, 0.25) is 0 Å². The normalized spacial score (nSPS) is 16.2. The molecule has 1 amide bonds. The van der Waals surface area contributed by atoms with Crippen LogP contribution in [0.1, 0.15) is 9.67 Å². The van der Waals surface area contributed by atoms with Crippen LogP contribution in [0, 0.1) is 0 Å². The zero-order valence-corrected chi connectivity index (χ0v) is 16.6. The van der Waals surface area contributed by atoms with Gasteiger partial charge >= 0.3 is 0 Å². The monoisotopic (exact) mass is 425 g/mol. The molecule has 3 aromatic heterocycles. The van der Waals surface area contributed by atoms with Crippen LogP contribution in [-0.4, -0.2) is 40.0 Å². The second-order valence-corrected chi connectivity index (χ2v) is 8.09. The molecule has 29 heavy (non-hydrogen) atoms. The molecule has 146 valence electrons. The van der Waals surface area contributed by atoms with Gasteiger partial charge in [-0.1, -0.05) is 11.6 Å². The molecule has 1 aromatic carbocycles. The first kappa shape index (κ1) is 18.0. The van der Waals surface area contributed by atoms with Gasteiger partial charge in [-0.05, 0) is 24.3 Å². The van der Waals surface area contributed by atoms with Crippen molar-refractivity contribution in [3.63, 3.8) is 0 Å². The number of rotatable bonds is 3. The Morgan fingerprint density at radius 1 is 1.24 bits per heavy atom. The molecule has 0 bridgehead atoms. The van der Waals surface area contributed by atoms with Crippen molar-refractivity contribution in [2.75, 3.05) is 23.7 Å². The molecule has 0 saturated heterocycles. The minimum Gasteiger partial charge on any atom is -0.381 e. The maximum Gasteiger partial charge on any atom is 0.263 e. The van der Waals surface area contributed by atoms with Crippen molar-refractivity contribution in [1.29, 1.82) is 0 Å². The number of benzene rings is 1. The third-order valence-electron chi connectivity index (χ3n) is 4.76. The summed E-state index contributed by atoms with van der Waals surface area (Å²) < 4.78 is 1.03. The fourth-order valence-corrected chi connectivity index (χ4v) is 4.65. The predicted octanol–water partition coefficient (Wildman–Crippen LogP) is 3.12. The highest BCUT2D eigenvalue weighted by molar-refractivity contribution is 7.21. The van der Waals surface area contributed by atoms with Crippen molar-refractivity contribution in [2.24, 2.45) is 5.73 Å².